The van der Waals surface area contributed by atoms with E-state index in [-0.39, 0.29) is 0 Å². The first-order valence-electron chi connectivity index (χ1n) is 11.9. The van der Waals surface area contributed by atoms with Crippen LogP contribution in [0.25, 0.3) is 11.1 Å². The van der Waals surface area contributed by atoms with Crippen LogP contribution in [0.5, 0.6) is 5.75 Å². The second-order valence-electron chi connectivity index (χ2n) is 8.13. The number of hydrogen-bond acceptors (Lipinski definition) is 7. The van der Waals surface area contributed by atoms with Crippen molar-refractivity contribution in [2.75, 3.05) is 52.5 Å². The van der Waals surface area contributed by atoms with Crippen LogP contribution < -0.4 is 15.8 Å². The minimum atomic E-state index is -5.08. The Morgan fingerprint density at radius 2 is 1.41 bits per heavy atom. The first-order chi connectivity index (χ1) is 19.1. The van der Waals surface area contributed by atoms with Crippen molar-refractivity contribution in [2.24, 2.45) is 5.73 Å². The summed E-state index contributed by atoms with van der Waals surface area (Å²) in [6, 6.07) is 15.2. The van der Waals surface area contributed by atoms with E-state index in [1.165, 1.54) is 0 Å². The molecular formula is C25H29F6N3O7. The van der Waals surface area contributed by atoms with Gasteiger partial charge in [0.2, 0.25) is 5.91 Å². The molecule has 3 rings (SSSR count). The molecule has 5 N–H and O–H groups in total. The molecule has 1 amide bonds. The molecule has 0 spiro atoms. The molecule has 10 nitrogen and oxygen atoms in total. The number of morpholine rings is 1. The molecule has 2 aromatic rings. The van der Waals surface area contributed by atoms with Crippen LogP contribution in [0.1, 0.15) is 10.4 Å². The molecule has 1 aliphatic rings. The quantitative estimate of drug-likeness (QED) is 0.253. The molecule has 1 saturated heterocycles. The molecule has 0 atom stereocenters. The first kappa shape index (κ1) is 35.1. The standard InChI is InChI=1S/C21H27N3O3.2C2HF3O2/c22-21(25)19-3-1-2-18(16-19)17-4-6-20(7-5-17)27-13-9-23-8-10-24-11-14-26-15-12-24;2*3-2(4,5)1(6)7/h1-7,16,23H,8-15H2,(H2,22,25);2*(H,6,7). The van der Waals surface area contributed by atoms with Gasteiger partial charge in [0.15, 0.2) is 0 Å². The number of carbonyl (C=O) groups is 3. The van der Waals surface area contributed by atoms with Crippen LogP contribution in [0, 0.1) is 0 Å². The maximum Gasteiger partial charge on any atom is 0.490 e. The van der Waals surface area contributed by atoms with Gasteiger partial charge in [-0.1, -0.05) is 24.3 Å². The lowest BCUT2D eigenvalue weighted by molar-refractivity contribution is -0.193. The number of carboxylic acids is 2. The van der Waals surface area contributed by atoms with E-state index in [1.54, 1.807) is 12.1 Å². The third-order valence-corrected chi connectivity index (χ3v) is 5.08. The van der Waals surface area contributed by atoms with E-state index in [1.807, 2.05) is 36.4 Å². The fraction of sp³-hybridized carbons (Fsp3) is 0.400. The fourth-order valence-corrected chi connectivity index (χ4v) is 3.02. The van der Waals surface area contributed by atoms with Crippen molar-refractivity contribution in [2.45, 2.75) is 12.4 Å². The van der Waals surface area contributed by atoms with Gasteiger partial charge in [-0.15, -0.1) is 0 Å². The number of nitrogens with one attached hydrogen (secondary N) is 1. The summed E-state index contributed by atoms with van der Waals surface area (Å²) in [5, 5.41) is 17.7. The Morgan fingerprint density at radius 1 is 0.878 bits per heavy atom. The van der Waals surface area contributed by atoms with Gasteiger partial charge in [0.1, 0.15) is 12.4 Å². The van der Waals surface area contributed by atoms with Crippen LogP contribution in [0.3, 0.4) is 0 Å². The molecule has 1 fully saturated rings. The van der Waals surface area contributed by atoms with Crippen molar-refractivity contribution in [1.29, 1.82) is 0 Å². The Bertz CT molecular complexity index is 1080. The van der Waals surface area contributed by atoms with E-state index >= 15 is 0 Å². The number of ether oxygens (including phenoxy) is 2. The largest absolute Gasteiger partial charge is 0.492 e. The molecule has 2 aromatic carbocycles. The molecule has 228 valence electrons. The number of carbonyl (C=O) groups excluding carboxylic acids is 1. The van der Waals surface area contributed by atoms with Crippen LogP contribution in [-0.2, 0) is 14.3 Å². The summed E-state index contributed by atoms with van der Waals surface area (Å²) in [4.78, 5) is 31.5. The lowest BCUT2D eigenvalue weighted by Gasteiger charge is -2.26. The minimum absolute atomic E-state index is 0.419. The van der Waals surface area contributed by atoms with Crippen LogP contribution >= 0.6 is 0 Å². The number of nitrogens with zero attached hydrogens (tertiary/aromatic N) is 1. The van der Waals surface area contributed by atoms with Gasteiger partial charge in [-0.05, 0) is 35.4 Å². The van der Waals surface area contributed by atoms with Gasteiger partial charge in [-0.25, -0.2) is 9.59 Å². The van der Waals surface area contributed by atoms with E-state index < -0.39 is 30.2 Å². The van der Waals surface area contributed by atoms with Crippen LogP contribution in [-0.4, -0.2) is 97.9 Å². The summed E-state index contributed by atoms with van der Waals surface area (Å²) in [7, 11) is 0. The number of aliphatic carboxylic acids is 2. The first-order valence-corrected chi connectivity index (χ1v) is 11.9. The average molecular weight is 598 g/mol. The lowest BCUT2D eigenvalue weighted by atomic mass is 10.0. The highest BCUT2D eigenvalue weighted by Crippen LogP contribution is 2.23. The Labute approximate surface area is 230 Å². The molecule has 0 radical (unpaired) electrons. The number of nitrogens with two attached hydrogens (primary N) is 1. The van der Waals surface area contributed by atoms with Gasteiger partial charge in [0.05, 0.1) is 13.2 Å². The zero-order valence-corrected chi connectivity index (χ0v) is 21.5. The Hall–Kier alpha value is -3.89. The zero-order chi connectivity index (χ0) is 31.1. The van der Waals surface area contributed by atoms with Crippen molar-refractivity contribution in [3.05, 3.63) is 54.1 Å². The number of primary amides is 1. The predicted octanol–water partition coefficient (Wildman–Crippen LogP) is 3.02. The van der Waals surface area contributed by atoms with Gasteiger partial charge in [0.25, 0.3) is 0 Å². The van der Waals surface area contributed by atoms with Crippen molar-refractivity contribution in [3.63, 3.8) is 0 Å². The normalized spacial score (nSPS) is 13.6. The van der Waals surface area contributed by atoms with Crippen LogP contribution in [0.15, 0.2) is 48.5 Å². The highest BCUT2D eigenvalue weighted by atomic mass is 19.4. The fourth-order valence-electron chi connectivity index (χ4n) is 3.02. The Balaban J connectivity index is 0.000000497. The van der Waals surface area contributed by atoms with Crippen molar-refractivity contribution in [1.82, 2.24) is 10.2 Å². The number of amides is 1. The monoisotopic (exact) mass is 597 g/mol. The summed E-state index contributed by atoms with van der Waals surface area (Å²) in [6.45, 7) is 7.16. The number of alkyl halides is 6. The molecule has 0 bridgehead atoms. The van der Waals surface area contributed by atoms with Crippen LogP contribution in [0.2, 0.25) is 0 Å². The molecule has 0 unspecified atom stereocenters. The SMILES string of the molecule is NC(=O)c1cccc(-c2ccc(OCCNCCN3CCOCC3)cc2)c1.O=C(O)C(F)(F)F.O=C(O)C(F)(F)F. The highest BCUT2D eigenvalue weighted by molar-refractivity contribution is 5.94. The number of halogens is 6. The third kappa shape index (κ3) is 14.9. The zero-order valence-electron chi connectivity index (χ0n) is 21.5. The summed E-state index contributed by atoms with van der Waals surface area (Å²) in [6.07, 6.45) is -10.2. The second kappa shape index (κ2) is 17.0. The van der Waals surface area contributed by atoms with Crippen molar-refractivity contribution >= 4 is 17.8 Å². The van der Waals surface area contributed by atoms with Crippen LogP contribution in [0.4, 0.5) is 26.3 Å². The van der Waals surface area contributed by atoms with Gasteiger partial charge < -0.3 is 30.7 Å². The highest BCUT2D eigenvalue weighted by Gasteiger charge is 2.38. The van der Waals surface area contributed by atoms with E-state index in [2.05, 4.69) is 10.2 Å². The van der Waals surface area contributed by atoms with Crippen molar-refractivity contribution < 1.29 is 60.4 Å². The Morgan fingerprint density at radius 3 is 1.90 bits per heavy atom. The maximum absolute atomic E-state index is 11.3. The molecule has 0 aliphatic carbocycles. The molecule has 41 heavy (non-hydrogen) atoms. The number of hydrogen-bond donors (Lipinski definition) is 4. The summed E-state index contributed by atoms with van der Waals surface area (Å²) < 4.78 is 74.6. The number of carboxylic acid groups (broad SMARTS) is 2. The smallest absolute Gasteiger partial charge is 0.490 e. The molecule has 16 heteroatoms. The summed E-state index contributed by atoms with van der Waals surface area (Å²) in [5.41, 5.74) is 7.84. The molecular weight excluding hydrogens is 568 g/mol. The summed E-state index contributed by atoms with van der Waals surface area (Å²) >= 11 is 0. The summed E-state index contributed by atoms with van der Waals surface area (Å²) in [5.74, 6) is -5.10. The number of benzene rings is 2. The number of rotatable bonds is 9. The lowest BCUT2D eigenvalue weighted by Crippen LogP contribution is -2.40. The van der Waals surface area contributed by atoms with Gasteiger partial charge >= 0.3 is 24.3 Å². The van der Waals surface area contributed by atoms with Crippen molar-refractivity contribution in [3.8, 4) is 16.9 Å². The van der Waals surface area contributed by atoms with E-state index in [0.717, 1.165) is 62.8 Å². The minimum Gasteiger partial charge on any atom is -0.492 e. The van der Waals surface area contributed by atoms with E-state index in [4.69, 9.17) is 35.0 Å². The molecule has 0 saturated carbocycles. The predicted molar refractivity (Wildman–Crippen MR) is 133 cm³/mol. The van der Waals surface area contributed by atoms with Gasteiger partial charge in [-0.3, -0.25) is 9.69 Å². The molecule has 1 heterocycles. The van der Waals surface area contributed by atoms with E-state index in [0.29, 0.717) is 12.2 Å². The molecule has 1 aliphatic heterocycles. The topological polar surface area (TPSA) is 151 Å². The third-order valence-electron chi connectivity index (χ3n) is 5.08. The van der Waals surface area contributed by atoms with E-state index in [9.17, 15) is 31.1 Å². The second-order valence-corrected chi connectivity index (χ2v) is 8.13. The molecule has 0 aromatic heterocycles. The van der Waals surface area contributed by atoms with Gasteiger partial charge in [0, 0.05) is 38.3 Å². The van der Waals surface area contributed by atoms with Gasteiger partial charge in [-0.2, -0.15) is 26.3 Å². The average Bonchev–Trinajstić information content (AvgIpc) is 2.91. The Kier molecular flexibility index (Phi) is 14.6. The maximum atomic E-state index is 11.3.